The summed E-state index contributed by atoms with van der Waals surface area (Å²) in [6.07, 6.45) is 0.649. The highest BCUT2D eigenvalue weighted by Gasteiger charge is 2.05. The highest BCUT2D eigenvalue weighted by Crippen LogP contribution is 2.20. The predicted molar refractivity (Wildman–Crippen MR) is 103 cm³/mol. The maximum absolute atomic E-state index is 12.0. The fourth-order valence-corrected chi connectivity index (χ4v) is 2.57. The summed E-state index contributed by atoms with van der Waals surface area (Å²) in [6.45, 7) is 1.83. The Labute approximate surface area is 151 Å². The van der Waals surface area contributed by atoms with Crippen LogP contribution in [0.25, 0.3) is 10.8 Å². The van der Waals surface area contributed by atoms with Gasteiger partial charge in [-0.25, -0.2) is 5.43 Å². The molecule has 0 radical (unpaired) electrons. The molecule has 0 aromatic heterocycles. The zero-order valence-corrected chi connectivity index (χ0v) is 14.5. The molecule has 3 aromatic carbocycles. The van der Waals surface area contributed by atoms with Crippen LogP contribution in [0.1, 0.15) is 18.9 Å². The number of hydrogen-bond acceptors (Lipinski definition) is 4. The van der Waals surface area contributed by atoms with Crippen LogP contribution in [0.2, 0.25) is 0 Å². The van der Waals surface area contributed by atoms with Crippen LogP contribution in [0.4, 0.5) is 0 Å². The first-order valence-corrected chi connectivity index (χ1v) is 8.42. The molecule has 1 amide bonds. The van der Waals surface area contributed by atoms with Crippen LogP contribution in [0.3, 0.4) is 0 Å². The number of carbonyl (C=O) groups excluding carboxylic acids is 1. The number of ether oxygens (including phenoxy) is 1. The molecule has 2 N–H and O–H groups in total. The number of phenols is 1. The highest BCUT2D eigenvalue weighted by atomic mass is 16.5. The van der Waals surface area contributed by atoms with Crippen molar-refractivity contribution in [2.24, 2.45) is 5.10 Å². The molecule has 26 heavy (non-hydrogen) atoms. The van der Waals surface area contributed by atoms with E-state index in [1.54, 1.807) is 24.3 Å². The number of amides is 1. The van der Waals surface area contributed by atoms with Gasteiger partial charge in [-0.15, -0.1) is 0 Å². The molecule has 0 fully saturated rings. The lowest BCUT2D eigenvalue weighted by atomic mass is 10.1. The number of nitrogens with one attached hydrogen (secondary N) is 1. The lowest BCUT2D eigenvalue weighted by molar-refractivity contribution is -0.123. The van der Waals surface area contributed by atoms with Crippen LogP contribution in [-0.2, 0) is 4.79 Å². The van der Waals surface area contributed by atoms with Crippen molar-refractivity contribution < 1.29 is 14.6 Å². The average Bonchev–Trinajstić information content (AvgIpc) is 2.68. The number of fused-ring (bicyclic) bond motifs is 1. The Bertz CT molecular complexity index is 933. The minimum absolute atomic E-state index is 0.117. The number of aromatic hydroxyl groups is 1. The number of hydrazone groups is 1. The third-order valence-corrected chi connectivity index (χ3v) is 3.94. The van der Waals surface area contributed by atoms with Gasteiger partial charge < -0.3 is 9.84 Å². The van der Waals surface area contributed by atoms with Gasteiger partial charge in [-0.3, -0.25) is 4.79 Å². The van der Waals surface area contributed by atoms with Crippen molar-refractivity contribution in [3.8, 4) is 11.5 Å². The van der Waals surface area contributed by atoms with E-state index in [1.165, 1.54) is 0 Å². The third kappa shape index (κ3) is 4.39. The molecule has 0 unspecified atom stereocenters. The number of carbonyl (C=O) groups is 1. The number of hydrogen-bond donors (Lipinski definition) is 2. The molecule has 0 saturated heterocycles. The zero-order chi connectivity index (χ0) is 18.4. The minimum atomic E-state index is -0.331. The molecule has 0 heterocycles. The maximum Gasteiger partial charge on any atom is 0.277 e. The molecule has 5 heteroatoms. The Hall–Kier alpha value is -3.34. The van der Waals surface area contributed by atoms with Crippen molar-refractivity contribution in [1.82, 2.24) is 5.43 Å². The predicted octanol–water partition coefficient (Wildman–Crippen LogP) is 3.85. The van der Waals surface area contributed by atoms with Crippen LogP contribution < -0.4 is 10.2 Å². The summed E-state index contributed by atoms with van der Waals surface area (Å²) in [5.41, 5.74) is 4.09. The molecule has 3 rings (SSSR count). The van der Waals surface area contributed by atoms with Gasteiger partial charge in [-0.2, -0.15) is 5.10 Å². The van der Waals surface area contributed by atoms with E-state index in [1.807, 2.05) is 49.4 Å². The number of nitrogens with zero attached hydrogens (tertiary/aromatic N) is 1. The Kier molecular flexibility index (Phi) is 5.49. The van der Waals surface area contributed by atoms with Gasteiger partial charge in [0.2, 0.25) is 0 Å². The monoisotopic (exact) mass is 348 g/mol. The molecular formula is C21H20N2O3. The molecule has 0 aliphatic heterocycles. The van der Waals surface area contributed by atoms with Crippen molar-refractivity contribution in [3.05, 3.63) is 72.3 Å². The molecule has 0 atom stereocenters. The lowest BCUT2D eigenvalue weighted by Gasteiger charge is -2.08. The van der Waals surface area contributed by atoms with Crippen LogP contribution in [0.5, 0.6) is 11.5 Å². The van der Waals surface area contributed by atoms with E-state index in [2.05, 4.69) is 10.5 Å². The van der Waals surface area contributed by atoms with Crippen LogP contribution in [0, 0.1) is 0 Å². The van der Waals surface area contributed by atoms with Gasteiger partial charge in [0.1, 0.15) is 11.5 Å². The SMILES string of the molecule is CC/C(=N/NC(=O)COc1ccc2ccccc2c1)c1ccc(O)cc1. The first-order chi connectivity index (χ1) is 12.7. The Balaban J connectivity index is 1.59. The first kappa shape index (κ1) is 17.5. The molecule has 0 spiro atoms. The molecule has 5 nitrogen and oxygen atoms in total. The van der Waals surface area contributed by atoms with E-state index in [0.717, 1.165) is 22.0 Å². The first-order valence-electron chi connectivity index (χ1n) is 8.42. The Morgan fingerprint density at radius 1 is 1.04 bits per heavy atom. The van der Waals surface area contributed by atoms with Gasteiger partial charge >= 0.3 is 0 Å². The second kappa shape index (κ2) is 8.16. The van der Waals surface area contributed by atoms with Gasteiger partial charge in [0.25, 0.3) is 5.91 Å². The normalized spacial score (nSPS) is 11.3. The number of benzene rings is 3. The van der Waals surface area contributed by atoms with Gasteiger partial charge in [0.15, 0.2) is 6.61 Å². The summed E-state index contributed by atoms with van der Waals surface area (Å²) in [4.78, 5) is 12.0. The van der Waals surface area contributed by atoms with Gasteiger partial charge in [0.05, 0.1) is 5.71 Å². The van der Waals surface area contributed by atoms with E-state index in [9.17, 15) is 9.90 Å². The number of phenolic OH excluding ortho intramolecular Hbond substituents is 1. The summed E-state index contributed by atoms with van der Waals surface area (Å²) in [6, 6.07) is 20.4. The van der Waals surface area contributed by atoms with Crippen molar-refractivity contribution in [2.45, 2.75) is 13.3 Å². The molecule has 0 aliphatic rings. The van der Waals surface area contributed by atoms with E-state index < -0.39 is 0 Å². The topological polar surface area (TPSA) is 70.9 Å². The van der Waals surface area contributed by atoms with Crippen molar-refractivity contribution in [3.63, 3.8) is 0 Å². The largest absolute Gasteiger partial charge is 0.508 e. The Morgan fingerprint density at radius 2 is 1.77 bits per heavy atom. The second-order valence-electron chi connectivity index (χ2n) is 5.79. The molecule has 0 aliphatic carbocycles. The van der Waals surface area contributed by atoms with Gasteiger partial charge in [-0.05, 0) is 59.2 Å². The van der Waals surface area contributed by atoms with E-state index >= 15 is 0 Å². The minimum Gasteiger partial charge on any atom is -0.508 e. The van der Waals surface area contributed by atoms with Crippen LogP contribution in [0.15, 0.2) is 71.8 Å². The molecular weight excluding hydrogens is 328 g/mol. The van der Waals surface area contributed by atoms with Crippen molar-refractivity contribution in [2.75, 3.05) is 6.61 Å². The average molecular weight is 348 g/mol. The second-order valence-corrected chi connectivity index (χ2v) is 5.79. The highest BCUT2D eigenvalue weighted by molar-refractivity contribution is 6.01. The molecule has 132 valence electrons. The fourth-order valence-electron chi connectivity index (χ4n) is 2.57. The van der Waals surface area contributed by atoms with Crippen LogP contribution in [-0.4, -0.2) is 23.3 Å². The quantitative estimate of drug-likeness (QED) is 0.525. The lowest BCUT2D eigenvalue weighted by Crippen LogP contribution is -2.26. The van der Waals surface area contributed by atoms with Crippen molar-refractivity contribution >= 4 is 22.4 Å². The molecule has 0 bridgehead atoms. The third-order valence-electron chi connectivity index (χ3n) is 3.94. The Morgan fingerprint density at radius 3 is 2.50 bits per heavy atom. The van der Waals surface area contributed by atoms with Gasteiger partial charge in [-0.1, -0.05) is 37.3 Å². The smallest absolute Gasteiger partial charge is 0.277 e. The summed E-state index contributed by atoms with van der Waals surface area (Å²) in [5, 5.41) is 15.7. The van der Waals surface area contributed by atoms with Gasteiger partial charge in [0, 0.05) is 0 Å². The zero-order valence-electron chi connectivity index (χ0n) is 14.5. The molecule has 0 saturated carbocycles. The van der Waals surface area contributed by atoms with Crippen molar-refractivity contribution in [1.29, 1.82) is 0 Å². The fraction of sp³-hybridized carbons (Fsp3) is 0.143. The summed E-state index contributed by atoms with van der Waals surface area (Å²) < 4.78 is 5.55. The van der Waals surface area contributed by atoms with E-state index in [-0.39, 0.29) is 18.3 Å². The summed E-state index contributed by atoms with van der Waals surface area (Å²) >= 11 is 0. The molecule has 3 aromatic rings. The maximum atomic E-state index is 12.0. The standard InChI is InChI=1S/C21H20N2O3/c1-2-20(16-7-10-18(24)11-8-16)22-23-21(25)14-26-19-12-9-15-5-3-4-6-17(15)13-19/h3-13,24H,2,14H2,1H3,(H,23,25)/b22-20-. The summed E-state index contributed by atoms with van der Waals surface area (Å²) in [7, 11) is 0. The van der Waals surface area contributed by atoms with Crippen LogP contribution >= 0.6 is 0 Å². The number of rotatable bonds is 6. The summed E-state index contributed by atoms with van der Waals surface area (Å²) in [5.74, 6) is 0.497. The van der Waals surface area contributed by atoms with E-state index in [4.69, 9.17) is 4.74 Å². The van der Waals surface area contributed by atoms with E-state index in [0.29, 0.717) is 12.2 Å².